The van der Waals surface area contributed by atoms with Gasteiger partial charge < -0.3 is 0 Å². The summed E-state index contributed by atoms with van der Waals surface area (Å²) in [5.41, 5.74) is 0.961. The summed E-state index contributed by atoms with van der Waals surface area (Å²) >= 11 is 0. The number of rotatable bonds is 0. The largest absolute Gasteiger partial charge is 0.0501 e. The highest BCUT2D eigenvalue weighted by atomic mass is 14.6. The second-order valence-electron chi connectivity index (χ2n) is 4.45. The predicted molar refractivity (Wildman–Crippen MR) is 37.1 cm³/mol. The molecule has 0 N–H and O–H groups in total. The quantitative estimate of drug-likeness (QED) is 0.463. The van der Waals surface area contributed by atoms with Crippen molar-refractivity contribution in [1.82, 2.24) is 0 Å². The predicted octanol–water partition coefficient (Wildman–Crippen LogP) is 2.59. The van der Waals surface area contributed by atoms with Crippen LogP contribution in [0.2, 0.25) is 0 Å². The van der Waals surface area contributed by atoms with Gasteiger partial charge in [0.2, 0.25) is 0 Å². The summed E-state index contributed by atoms with van der Waals surface area (Å²) in [4.78, 5) is 0. The van der Waals surface area contributed by atoms with Crippen molar-refractivity contribution in [2.75, 3.05) is 0 Å². The van der Waals surface area contributed by atoms with Crippen LogP contribution in [0.4, 0.5) is 0 Å². The van der Waals surface area contributed by atoms with Crippen molar-refractivity contribution >= 4 is 0 Å². The minimum atomic E-state index is 0.961. The highest BCUT2D eigenvalue weighted by molar-refractivity contribution is 5.07. The molecule has 2 bridgehead atoms. The van der Waals surface area contributed by atoms with Crippen molar-refractivity contribution in [3.05, 3.63) is 0 Å². The molecule has 0 amide bonds. The summed E-state index contributed by atoms with van der Waals surface area (Å²) in [6.45, 7) is 0. The van der Waals surface area contributed by atoms with Crippen LogP contribution in [0, 0.1) is 17.3 Å². The maximum absolute atomic E-state index is 1.62. The maximum Gasteiger partial charge on any atom is -0.0264 e. The van der Waals surface area contributed by atoms with Crippen LogP contribution in [0.1, 0.15) is 38.5 Å². The molecule has 50 valence electrons. The first kappa shape index (κ1) is 4.76. The third-order valence-corrected chi connectivity index (χ3v) is 4.17. The van der Waals surface area contributed by atoms with Crippen molar-refractivity contribution in [1.29, 1.82) is 0 Å². The van der Waals surface area contributed by atoms with Crippen LogP contribution in [0.25, 0.3) is 0 Å². The van der Waals surface area contributed by atoms with E-state index in [9.17, 15) is 0 Å². The monoisotopic (exact) mass is 122 g/mol. The Balaban J connectivity index is 1.91. The van der Waals surface area contributed by atoms with E-state index in [0.717, 1.165) is 5.41 Å². The first-order valence-corrected chi connectivity index (χ1v) is 4.39. The van der Waals surface area contributed by atoms with Gasteiger partial charge in [-0.1, -0.05) is 6.42 Å². The average Bonchev–Trinajstić information content (AvgIpc) is 1.67. The molecule has 4 fully saturated rings. The highest BCUT2D eigenvalue weighted by Gasteiger charge is 2.57. The standard InChI is InChI=1S/C9H14/c1-2-8-3-4-9(8)5-7(1)6-9/h7-8H,1-6H2. The molecule has 4 aliphatic rings. The topological polar surface area (TPSA) is 0 Å². The van der Waals surface area contributed by atoms with Gasteiger partial charge in [-0.3, -0.25) is 0 Å². The molecule has 0 heteroatoms. The first-order valence-electron chi connectivity index (χ1n) is 4.39. The van der Waals surface area contributed by atoms with Gasteiger partial charge in [-0.15, -0.1) is 0 Å². The lowest BCUT2D eigenvalue weighted by molar-refractivity contribution is -0.136. The minimum Gasteiger partial charge on any atom is -0.0501 e. The highest BCUT2D eigenvalue weighted by Crippen LogP contribution is 2.68. The molecule has 1 atom stereocenters. The van der Waals surface area contributed by atoms with E-state index in [-0.39, 0.29) is 0 Å². The van der Waals surface area contributed by atoms with Crippen LogP contribution in [0.3, 0.4) is 0 Å². The third-order valence-electron chi connectivity index (χ3n) is 4.17. The van der Waals surface area contributed by atoms with E-state index >= 15 is 0 Å². The fourth-order valence-electron chi connectivity index (χ4n) is 3.48. The van der Waals surface area contributed by atoms with Crippen molar-refractivity contribution in [2.45, 2.75) is 38.5 Å². The van der Waals surface area contributed by atoms with Gasteiger partial charge in [-0.25, -0.2) is 0 Å². The second kappa shape index (κ2) is 1.21. The SMILES string of the molecule is C1CC2CCC23CC1C3. The van der Waals surface area contributed by atoms with E-state index in [4.69, 9.17) is 0 Å². The van der Waals surface area contributed by atoms with E-state index in [0.29, 0.717) is 0 Å². The number of hydrogen-bond donors (Lipinski definition) is 0. The molecule has 0 nitrogen and oxygen atoms in total. The molecule has 0 aromatic rings. The van der Waals surface area contributed by atoms with Crippen LogP contribution in [0.15, 0.2) is 0 Å². The van der Waals surface area contributed by atoms with Gasteiger partial charge in [-0.05, 0) is 49.4 Å². The molecular formula is C9H14. The number of hydrogen-bond acceptors (Lipinski definition) is 0. The van der Waals surface area contributed by atoms with Crippen LogP contribution >= 0.6 is 0 Å². The van der Waals surface area contributed by atoms with E-state index in [1.54, 1.807) is 38.5 Å². The van der Waals surface area contributed by atoms with E-state index in [1.165, 1.54) is 11.8 Å². The molecule has 1 unspecified atom stereocenters. The Kier molecular flexibility index (Phi) is 0.640. The van der Waals surface area contributed by atoms with Gasteiger partial charge >= 0.3 is 0 Å². The fraction of sp³-hybridized carbons (Fsp3) is 1.00. The Labute approximate surface area is 56.6 Å². The molecule has 4 rings (SSSR count). The normalized spacial score (nSPS) is 61.3. The molecule has 1 spiro atoms. The first-order chi connectivity index (χ1) is 4.39. The Morgan fingerprint density at radius 2 is 1.89 bits per heavy atom. The van der Waals surface area contributed by atoms with E-state index in [1.807, 2.05) is 0 Å². The second-order valence-corrected chi connectivity index (χ2v) is 4.45. The van der Waals surface area contributed by atoms with Crippen molar-refractivity contribution < 1.29 is 0 Å². The Morgan fingerprint density at radius 3 is 2.22 bits per heavy atom. The summed E-state index contributed by atoms with van der Waals surface area (Å²) in [6.07, 6.45) is 9.58. The molecule has 9 heavy (non-hydrogen) atoms. The lowest BCUT2D eigenvalue weighted by Gasteiger charge is -2.64. The van der Waals surface area contributed by atoms with E-state index < -0.39 is 0 Å². The maximum atomic E-state index is 1.62. The molecule has 4 aliphatic carbocycles. The summed E-state index contributed by atoms with van der Waals surface area (Å²) in [6, 6.07) is 0. The van der Waals surface area contributed by atoms with Crippen molar-refractivity contribution in [3.8, 4) is 0 Å². The average molecular weight is 122 g/mol. The zero-order valence-corrected chi connectivity index (χ0v) is 5.90. The molecule has 0 aliphatic heterocycles. The molecule has 0 aromatic heterocycles. The minimum absolute atomic E-state index is 0.961. The lowest BCUT2D eigenvalue weighted by Crippen LogP contribution is -2.54. The molecule has 4 saturated carbocycles. The molecule has 0 saturated heterocycles. The Bertz CT molecular complexity index is 142. The van der Waals surface area contributed by atoms with Gasteiger partial charge in [0.1, 0.15) is 0 Å². The van der Waals surface area contributed by atoms with Crippen LogP contribution in [0.5, 0.6) is 0 Å². The summed E-state index contributed by atoms with van der Waals surface area (Å²) in [7, 11) is 0. The van der Waals surface area contributed by atoms with Crippen molar-refractivity contribution in [3.63, 3.8) is 0 Å². The molecule has 0 radical (unpaired) electrons. The fourth-order valence-corrected chi connectivity index (χ4v) is 3.48. The van der Waals surface area contributed by atoms with Crippen molar-refractivity contribution in [2.24, 2.45) is 17.3 Å². The van der Waals surface area contributed by atoms with Gasteiger partial charge in [0.25, 0.3) is 0 Å². The van der Waals surface area contributed by atoms with Crippen LogP contribution < -0.4 is 0 Å². The Morgan fingerprint density at radius 1 is 1.00 bits per heavy atom. The van der Waals surface area contributed by atoms with Gasteiger partial charge in [0.05, 0.1) is 0 Å². The van der Waals surface area contributed by atoms with Crippen LogP contribution in [-0.2, 0) is 0 Å². The molecule has 0 heterocycles. The Hall–Kier alpha value is 0. The lowest BCUT2D eigenvalue weighted by atomic mass is 9.41. The zero-order chi connectivity index (χ0) is 5.90. The van der Waals surface area contributed by atoms with E-state index in [2.05, 4.69) is 0 Å². The number of fused-ring (bicyclic) bond motifs is 1. The summed E-state index contributed by atoms with van der Waals surface area (Å²) < 4.78 is 0. The van der Waals surface area contributed by atoms with Gasteiger partial charge in [0, 0.05) is 0 Å². The zero-order valence-electron chi connectivity index (χ0n) is 5.90. The summed E-state index contributed by atoms with van der Waals surface area (Å²) in [5, 5.41) is 0. The smallest absolute Gasteiger partial charge is 0.0264 e. The molecular weight excluding hydrogens is 108 g/mol. The summed E-state index contributed by atoms with van der Waals surface area (Å²) in [5.74, 6) is 2.38. The van der Waals surface area contributed by atoms with Gasteiger partial charge in [0.15, 0.2) is 0 Å². The van der Waals surface area contributed by atoms with Gasteiger partial charge in [-0.2, -0.15) is 0 Å². The molecule has 0 aromatic carbocycles. The van der Waals surface area contributed by atoms with Crippen LogP contribution in [-0.4, -0.2) is 0 Å². The third kappa shape index (κ3) is 0.395.